The average molecular weight is 314 g/mol. The van der Waals surface area contributed by atoms with Crippen molar-refractivity contribution in [3.63, 3.8) is 0 Å². The topological polar surface area (TPSA) is 46.5 Å². The van der Waals surface area contributed by atoms with Crippen LogP contribution in [-0.4, -0.2) is 55.0 Å². The van der Waals surface area contributed by atoms with Crippen LogP contribution in [0.1, 0.15) is 71.1 Å². The third-order valence-corrected chi connectivity index (χ3v) is 4.66. The molecule has 22 heavy (non-hydrogen) atoms. The largest absolute Gasteiger partial charge is 0.462 e. The van der Waals surface area contributed by atoms with Crippen molar-refractivity contribution in [2.75, 3.05) is 33.3 Å². The van der Waals surface area contributed by atoms with E-state index < -0.39 is 0 Å². The number of esters is 1. The van der Waals surface area contributed by atoms with E-state index in [0.29, 0.717) is 24.2 Å². The van der Waals surface area contributed by atoms with Crippen molar-refractivity contribution >= 4 is 5.97 Å². The van der Waals surface area contributed by atoms with E-state index in [1.165, 1.54) is 38.5 Å². The fraction of sp³-hybridized carbons (Fsp3) is 0.944. The minimum Gasteiger partial charge on any atom is -0.462 e. The number of piperidine rings is 1. The van der Waals surface area contributed by atoms with Crippen LogP contribution in [0.4, 0.5) is 0 Å². The maximum absolute atomic E-state index is 11.9. The van der Waals surface area contributed by atoms with Gasteiger partial charge in [0.25, 0.3) is 0 Å². The standard InChI is InChI=1S/C18H36NO3/c1-3-4-5-6-7-8-9-10-14-22-18(21)16-19(2)13-11-12-17(20)15-19/h17,20H,3-16H2,1-2H3/q+1. The Hall–Kier alpha value is -0.610. The molecule has 1 aliphatic heterocycles. The van der Waals surface area contributed by atoms with Crippen molar-refractivity contribution in [3.05, 3.63) is 0 Å². The summed E-state index contributed by atoms with van der Waals surface area (Å²) in [6, 6.07) is 0. The van der Waals surface area contributed by atoms with Gasteiger partial charge in [0.1, 0.15) is 12.6 Å². The van der Waals surface area contributed by atoms with Crippen LogP contribution < -0.4 is 0 Å². The van der Waals surface area contributed by atoms with Crippen LogP contribution in [0.15, 0.2) is 0 Å². The van der Waals surface area contributed by atoms with Gasteiger partial charge in [0.15, 0.2) is 6.54 Å². The Balaban J connectivity index is 1.99. The first kappa shape index (κ1) is 19.4. The molecule has 0 aromatic heterocycles. The number of likely N-dealkylation sites (tertiary alicyclic amines) is 1. The fourth-order valence-electron chi connectivity index (χ4n) is 3.32. The molecule has 1 rings (SSSR count). The van der Waals surface area contributed by atoms with Gasteiger partial charge in [-0.1, -0.05) is 51.9 Å². The second-order valence-corrected chi connectivity index (χ2v) is 7.18. The van der Waals surface area contributed by atoms with Crippen LogP contribution in [0.25, 0.3) is 0 Å². The first-order valence-electron chi connectivity index (χ1n) is 9.23. The summed E-state index contributed by atoms with van der Waals surface area (Å²) in [6.45, 7) is 4.82. The predicted octanol–water partition coefficient (Wildman–Crippen LogP) is 3.27. The van der Waals surface area contributed by atoms with Crippen LogP contribution in [-0.2, 0) is 9.53 Å². The quantitative estimate of drug-likeness (QED) is 0.362. The second-order valence-electron chi connectivity index (χ2n) is 7.18. The van der Waals surface area contributed by atoms with Crippen molar-refractivity contribution < 1.29 is 19.1 Å². The minimum atomic E-state index is -0.265. The number of aliphatic hydroxyl groups excluding tert-OH is 1. The van der Waals surface area contributed by atoms with E-state index in [-0.39, 0.29) is 12.1 Å². The molecular weight excluding hydrogens is 278 g/mol. The summed E-state index contributed by atoms with van der Waals surface area (Å²) in [5.41, 5.74) is 0. The highest BCUT2D eigenvalue weighted by Crippen LogP contribution is 2.16. The van der Waals surface area contributed by atoms with Crippen LogP contribution in [0.5, 0.6) is 0 Å². The van der Waals surface area contributed by atoms with Gasteiger partial charge in [-0.25, -0.2) is 4.79 Å². The lowest BCUT2D eigenvalue weighted by Gasteiger charge is -2.38. The van der Waals surface area contributed by atoms with Gasteiger partial charge in [0.2, 0.25) is 0 Å². The number of unbranched alkanes of at least 4 members (excludes halogenated alkanes) is 7. The summed E-state index contributed by atoms with van der Waals surface area (Å²) in [5, 5.41) is 9.74. The number of hydrogen-bond acceptors (Lipinski definition) is 3. The molecule has 4 heteroatoms. The molecule has 4 nitrogen and oxygen atoms in total. The second kappa shape index (κ2) is 11.0. The van der Waals surface area contributed by atoms with Gasteiger partial charge in [-0.2, -0.15) is 0 Å². The van der Waals surface area contributed by atoms with Gasteiger partial charge in [-0.15, -0.1) is 0 Å². The zero-order chi connectivity index (χ0) is 16.3. The van der Waals surface area contributed by atoms with Crippen molar-refractivity contribution in [2.45, 2.75) is 77.2 Å². The highest BCUT2D eigenvalue weighted by molar-refractivity contribution is 5.70. The molecule has 1 heterocycles. The summed E-state index contributed by atoms with van der Waals surface area (Å²) >= 11 is 0. The molecular formula is C18H36NO3+. The van der Waals surface area contributed by atoms with Crippen LogP contribution in [0.2, 0.25) is 0 Å². The number of carbonyl (C=O) groups is 1. The van der Waals surface area contributed by atoms with E-state index in [0.717, 1.165) is 32.2 Å². The smallest absolute Gasteiger partial charge is 0.361 e. The van der Waals surface area contributed by atoms with Crippen molar-refractivity contribution in [1.29, 1.82) is 0 Å². The van der Waals surface area contributed by atoms with Crippen LogP contribution in [0.3, 0.4) is 0 Å². The number of aliphatic hydroxyl groups is 1. The fourth-order valence-corrected chi connectivity index (χ4v) is 3.32. The number of nitrogens with zero attached hydrogens (tertiary/aromatic N) is 1. The molecule has 0 saturated carbocycles. The maximum Gasteiger partial charge on any atom is 0.361 e. The number of quaternary nitrogens is 1. The van der Waals surface area contributed by atoms with Crippen molar-refractivity contribution in [2.24, 2.45) is 0 Å². The molecule has 0 radical (unpaired) electrons. The number of carbonyl (C=O) groups excluding carboxylic acids is 1. The Morgan fingerprint density at radius 1 is 1.14 bits per heavy atom. The first-order valence-corrected chi connectivity index (χ1v) is 9.23. The minimum absolute atomic E-state index is 0.112. The molecule has 1 N–H and O–H groups in total. The van der Waals surface area contributed by atoms with Crippen molar-refractivity contribution in [3.8, 4) is 0 Å². The summed E-state index contributed by atoms with van der Waals surface area (Å²) in [4.78, 5) is 11.9. The normalized spacial score (nSPS) is 25.1. The molecule has 0 aromatic rings. The summed E-state index contributed by atoms with van der Waals surface area (Å²) in [5.74, 6) is -0.112. The third-order valence-electron chi connectivity index (χ3n) is 4.66. The van der Waals surface area contributed by atoms with Gasteiger partial charge < -0.3 is 14.3 Å². The maximum atomic E-state index is 11.9. The molecule has 0 spiro atoms. The molecule has 1 fully saturated rings. The molecule has 1 aliphatic rings. The number of ether oxygens (including phenoxy) is 1. The Morgan fingerprint density at radius 2 is 1.77 bits per heavy atom. The zero-order valence-electron chi connectivity index (χ0n) is 14.7. The number of hydrogen-bond donors (Lipinski definition) is 1. The third kappa shape index (κ3) is 8.74. The van der Waals surface area contributed by atoms with Crippen LogP contribution in [0, 0.1) is 0 Å². The van der Waals surface area contributed by atoms with Gasteiger partial charge in [-0.3, -0.25) is 0 Å². The highest BCUT2D eigenvalue weighted by atomic mass is 16.5. The lowest BCUT2D eigenvalue weighted by molar-refractivity contribution is -0.910. The highest BCUT2D eigenvalue weighted by Gasteiger charge is 2.32. The van der Waals surface area contributed by atoms with Gasteiger partial charge in [0, 0.05) is 0 Å². The lowest BCUT2D eigenvalue weighted by atomic mass is 10.1. The molecule has 0 bridgehead atoms. The Bertz CT molecular complexity index is 309. The molecule has 0 amide bonds. The summed E-state index contributed by atoms with van der Waals surface area (Å²) in [6.07, 6.45) is 11.6. The van der Waals surface area contributed by atoms with Crippen LogP contribution >= 0.6 is 0 Å². The van der Waals surface area contributed by atoms with Gasteiger partial charge >= 0.3 is 5.97 Å². The van der Waals surface area contributed by atoms with Crippen molar-refractivity contribution in [1.82, 2.24) is 0 Å². The monoisotopic (exact) mass is 314 g/mol. The lowest BCUT2D eigenvalue weighted by Crippen LogP contribution is -2.55. The number of rotatable bonds is 11. The molecule has 1 saturated heterocycles. The predicted molar refractivity (Wildman–Crippen MR) is 89.6 cm³/mol. The van der Waals surface area contributed by atoms with E-state index in [2.05, 4.69) is 6.92 Å². The van der Waals surface area contributed by atoms with E-state index in [1.807, 2.05) is 7.05 Å². The molecule has 2 unspecified atom stereocenters. The number of likely N-dealkylation sites (N-methyl/N-ethyl adjacent to an activating group) is 1. The average Bonchev–Trinajstić information content (AvgIpc) is 2.44. The molecule has 130 valence electrons. The Labute approximate surface area is 136 Å². The van der Waals surface area contributed by atoms with E-state index in [9.17, 15) is 9.90 Å². The zero-order valence-corrected chi connectivity index (χ0v) is 14.7. The van der Waals surface area contributed by atoms with E-state index in [4.69, 9.17) is 4.74 Å². The SMILES string of the molecule is CCCCCCCCCCOC(=O)C[N+]1(C)CCCC(O)C1. The first-order chi connectivity index (χ1) is 10.6. The Morgan fingerprint density at radius 3 is 2.41 bits per heavy atom. The molecule has 2 atom stereocenters. The van der Waals surface area contributed by atoms with Gasteiger partial charge in [-0.05, 0) is 19.3 Å². The van der Waals surface area contributed by atoms with E-state index in [1.54, 1.807) is 0 Å². The summed E-state index contributed by atoms with van der Waals surface area (Å²) in [7, 11) is 2.04. The summed E-state index contributed by atoms with van der Waals surface area (Å²) < 4.78 is 5.98. The van der Waals surface area contributed by atoms with E-state index >= 15 is 0 Å². The molecule has 0 aliphatic carbocycles. The molecule has 0 aromatic carbocycles. The Kier molecular flexibility index (Phi) is 9.73. The van der Waals surface area contributed by atoms with Gasteiger partial charge in [0.05, 0.1) is 20.2 Å².